The van der Waals surface area contributed by atoms with E-state index in [2.05, 4.69) is 33.1 Å². The number of pyridine rings is 1. The molecular formula is C29H30Cl2FN5O. The number of hydrogen-bond acceptors (Lipinski definition) is 5. The highest BCUT2D eigenvalue weighted by atomic mass is 35.5. The molecule has 1 aromatic heterocycles. The van der Waals surface area contributed by atoms with Crippen LogP contribution in [0.2, 0.25) is 10.0 Å². The van der Waals surface area contributed by atoms with E-state index >= 15 is 0 Å². The monoisotopic (exact) mass is 553 g/mol. The summed E-state index contributed by atoms with van der Waals surface area (Å²) in [5, 5.41) is 12.6. The Kier molecular flexibility index (Phi) is 9.57. The van der Waals surface area contributed by atoms with E-state index in [4.69, 9.17) is 23.2 Å². The Hall–Kier alpha value is -3.18. The number of hydrogen-bond donors (Lipinski definition) is 1. The van der Waals surface area contributed by atoms with E-state index in [-0.39, 0.29) is 39.4 Å². The molecule has 1 aliphatic rings. The van der Waals surface area contributed by atoms with Crippen molar-refractivity contribution in [2.75, 3.05) is 24.5 Å². The van der Waals surface area contributed by atoms with Crippen LogP contribution in [0.1, 0.15) is 47.7 Å². The lowest BCUT2D eigenvalue weighted by Crippen LogP contribution is -2.48. The number of carbonyl (C=O) groups excluding carboxylic acids is 1. The van der Waals surface area contributed by atoms with Crippen molar-refractivity contribution in [2.45, 2.75) is 44.8 Å². The fourth-order valence-corrected chi connectivity index (χ4v) is 5.46. The molecule has 1 unspecified atom stereocenters. The fraction of sp³-hybridized carbons (Fsp3) is 0.345. The normalized spacial score (nSPS) is 15.0. The molecule has 1 fully saturated rings. The van der Waals surface area contributed by atoms with Crippen molar-refractivity contribution in [3.63, 3.8) is 0 Å². The minimum absolute atomic E-state index is 0.232. The molecule has 2 aromatic carbocycles. The van der Waals surface area contributed by atoms with Crippen LogP contribution in [0.3, 0.4) is 0 Å². The molecule has 0 bridgehead atoms. The van der Waals surface area contributed by atoms with Gasteiger partial charge < -0.3 is 15.1 Å². The number of likely N-dealkylation sites (tertiary alicyclic amines) is 1. The highest BCUT2D eigenvalue weighted by Gasteiger charge is 2.27. The summed E-state index contributed by atoms with van der Waals surface area (Å²) >= 11 is 12.2. The average molecular weight is 554 g/mol. The van der Waals surface area contributed by atoms with Gasteiger partial charge in [-0.25, -0.2) is 4.39 Å². The number of aromatic nitrogens is 1. The third-order valence-corrected chi connectivity index (χ3v) is 7.63. The standard InChI is InChI=1S/C29H30Cl2FN5O/c1-20(9-12-35-29(38)28-26(30)17-34-18-27(28)31)36-13-10-25(11-14-36)37(19-22-3-2-4-23(32)15-22)24-7-5-21(16-33)6-8-24/h2-8,15,17-18,20,25H,9-14,19H2,1H3,(H,35,38). The lowest BCUT2D eigenvalue weighted by Gasteiger charge is -2.42. The van der Waals surface area contributed by atoms with Crippen LogP contribution < -0.4 is 10.2 Å². The van der Waals surface area contributed by atoms with E-state index < -0.39 is 0 Å². The van der Waals surface area contributed by atoms with Gasteiger partial charge in [0, 0.05) is 56.3 Å². The van der Waals surface area contributed by atoms with E-state index in [0.717, 1.165) is 43.6 Å². The van der Waals surface area contributed by atoms with Gasteiger partial charge in [0.1, 0.15) is 5.82 Å². The Morgan fingerprint density at radius 2 is 1.87 bits per heavy atom. The first kappa shape index (κ1) is 27.8. The summed E-state index contributed by atoms with van der Waals surface area (Å²) in [6.45, 7) is 5.10. The smallest absolute Gasteiger partial charge is 0.254 e. The van der Waals surface area contributed by atoms with Crippen molar-refractivity contribution < 1.29 is 9.18 Å². The van der Waals surface area contributed by atoms with Crippen LogP contribution in [-0.2, 0) is 6.54 Å². The third-order valence-electron chi connectivity index (χ3n) is 7.06. The average Bonchev–Trinajstić information content (AvgIpc) is 2.92. The molecule has 1 aliphatic heterocycles. The van der Waals surface area contributed by atoms with Crippen molar-refractivity contribution in [1.29, 1.82) is 5.26 Å². The van der Waals surface area contributed by atoms with E-state index in [0.29, 0.717) is 18.7 Å². The number of nitrogens with zero attached hydrogens (tertiary/aromatic N) is 4. The zero-order chi connectivity index (χ0) is 27.1. The molecule has 1 atom stereocenters. The molecular weight excluding hydrogens is 524 g/mol. The summed E-state index contributed by atoms with van der Waals surface area (Å²) in [7, 11) is 0. The number of nitriles is 1. The van der Waals surface area contributed by atoms with Crippen LogP contribution in [0.25, 0.3) is 0 Å². The van der Waals surface area contributed by atoms with Gasteiger partial charge in [0.15, 0.2) is 0 Å². The zero-order valence-corrected chi connectivity index (χ0v) is 22.7. The number of anilines is 1. The number of rotatable bonds is 9. The molecule has 1 amide bonds. The van der Waals surface area contributed by atoms with Crippen molar-refractivity contribution >= 4 is 34.8 Å². The highest BCUT2D eigenvalue weighted by Crippen LogP contribution is 2.28. The maximum Gasteiger partial charge on any atom is 0.254 e. The predicted octanol–water partition coefficient (Wildman–Crippen LogP) is 6.08. The minimum Gasteiger partial charge on any atom is -0.364 e. The summed E-state index contributed by atoms with van der Waals surface area (Å²) in [5.41, 5.74) is 2.80. The number of carbonyl (C=O) groups is 1. The first-order valence-corrected chi connectivity index (χ1v) is 13.4. The molecule has 1 saturated heterocycles. The second kappa shape index (κ2) is 13.1. The van der Waals surface area contributed by atoms with Crippen LogP contribution in [0.5, 0.6) is 0 Å². The molecule has 3 aromatic rings. The second-order valence-corrected chi connectivity index (χ2v) is 10.4. The SMILES string of the molecule is CC(CCNC(=O)c1c(Cl)cncc1Cl)N1CCC(N(Cc2cccc(F)c2)c2ccc(C#N)cc2)CC1. The van der Waals surface area contributed by atoms with Crippen LogP contribution in [0.15, 0.2) is 60.9 Å². The van der Waals surface area contributed by atoms with Crippen LogP contribution in [-0.4, -0.2) is 47.5 Å². The largest absolute Gasteiger partial charge is 0.364 e. The van der Waals surface area contributed by atoms with Gasteiger partial charge in [-0.05, 0) is 68.1 Å². The molecule has 2 heterocycles. The van der Waals surface area contributed by atoms with Crippen molar-refractivity contribution in [3.05, 3.63) is 93.5 Å². The Morgan fingerprint density at radius 1 is 1.18 bits per heavy atom. The lowest BCUT2D eigenvalue weighted by atomic mass is 9.99. The Morgan fingerprint density at radius 3 is 2.50 bits per heavy atom. The molecule has 9 heteroatoms. The maximum absolute atomic E-state index is 13.9. The van der Waals surface area contributed by atoms with Gasteiger partial charge in [0.25, 0.3) is 5.91 Å². The molecule has 0 saturated carbocycles. The number of halogens is 3. The maximum atomic E-state index is 13.9. The molecule has 198 valence electrons. The Labute approximate surface area is 233 Å². The van der Waals surface area contributed by atoms with Crippen LogP contribution >= 0.6 is 23.2 Å². The predicted molar refractivity (Wildman–Crippen MR) is 149 cm³/mol. The number of amides is 1. The van der Waals surface area contributed by atoms with Gasteiger partial charge in [0.2, 0.25) is 0 Å². The zero-order valence-electron chi connectivity index (χ0n) is 21.2. The second-order valence-electron chi connectivity index (χ2n) is 9.56. The van der Waals surface area contributed by atoms with Gasteiger partial charge in [-0.1, -0.05) is 35.3 Å². The van der Waals surface area contributed by atoms with E-state index in [1.807, 2.05) is 30.3 Å². The highest BCUT2D eigenvalue weighted by molar-refractivity contribution is 6.39. The van der Waals surface area contributed by atoms with Crippen molar-refractivity contribution in [1.82, 2.24) is 15.2 Å². The van der Waals surface area contributed by atoms with E-state index in [9.17, 15) is 14.4 Å². The summed E-state index contributed by atoms with van der Waals surface area (Å²) in [6.07, 6.45) is 5.51. The summed E-state index contributed by atoms with van der Waals surface area (Å²) in [4.78, 5) is 21.2. The molecule has 6 nitrogen and oxygen atoms in total. The third kappa shape index (κ3) is 7.02. The molecule has 1 N–H and O–H groups in total. The van der Waals surface area contributed by atoms with Crippen LogP contribution in [0.4, 0.5) is 10.1 Å². The quantitative estimate of drug-likeness (QED) is 0.347. The molecule has 0 radical (unpaired) electrons. The van der Waals surface area contributed by atoms with Gasteiger partial charge >= 0.3 is 0 Å². The van der Waals surface area contributed by atoms with Crippen molar-refractivity contribution in [2.24, 2.45) is 0 Å². The van der Waals surface area contributed by atoms with Gasteiger partial charge in [-0.3, -0.25) is 9.78 Å². The summed E-state index contributed by atoms with van der Waals surface area (Å²) in [5.74, 6) is -0.546. The van der Waals surface area contributed by atoms with Crippen molar-refractivity contribution in [3.8, 4) is 6.07 Å². The minimum atomic E-state index is -0.302. The van der Waals surface area contributed by atoms with Gasteiger partial charge in [-0.15, -0.1) is 0 Å². The van der Waals surface area contributed by atoms with E-state index in [1.54, 1.807) is 12.1 Å². The van der Waals surface area contributed by atoms with E-state index in [1.165, 1.54) is 18.5 Å². The number of nitrogens with one attached hydrogen (secondary N) is 1. The lowest BCUT2D eigenvalue weighted by molar-refractivity contribution is 0.0945. The summed E-state index contributed by atoms with van der Waals surface area (Å²) in [6, 6.07) is 17.0. The molecule has 0 aliphatic carbocycles. The Balaban J connectivity index is 1.34. The van der Waals surface area contributed by atoms with Gasteiger partial charge in [0.05, 0.1) is 27.2 Å². The topological polar surface area (TPSA) is 72.3 Å². The molecule has 4 rings (SSSR count). The Bertz CT molecular complexity index is 1270. The molecule has 0 spiro atoms. The molecule has 38 heavy (non-hydrogen) atoms. The fourth-order valence-electron chi connectivity index (χ4n) is 4.92. The van der Waals surface area contributed by atoms with Gasteiger partial charge in [-0.2, -0.15) is 5.26 Å². The first-order valence-electron chi connectivity index (χ1n) is 12.7. The number of piperidine rings is 1. The number of benzene rings is 2. The van der Waals surface area contributed by atoms with Crippen LogP contribution in [0, 0.1) is 17.1 Å². The summed E-state index contributed by atoms with van der Waals surface area (Å²) < 4.78 is 13.9. The first-order chi connectivity index (χ1) is 18.4.